The minimum Gasteiger partial charge on any atom is -0.758 e. The number of alkyl halides is 6. The molecule has 0 amide bonds. The standard InChI is InChI=1S/C28H29F6N4O4/c1-40-24-5-3-2-4-20(24)23-14-25(37-6-8-41-9-7-37)42-26-21(15-35-16-36-26)22(38(23)39)12-17-10-18(27(29,30)31)13-19(11-17)28(32,33)34/h2-5,10-11,13-14,22,25,35-36H,6-9,12,15-16H2,1H3/q-1/b23-14-. The Labute approximate surface area is 238 Å². The fraction of sp³-hybridized carbons (Fsp3) is 0.429. The first-order valence-corrected chi connectivity index (χ1v) is 13.2. The van der Waals surface area contributed by atoms with Crippen LogP contribution in [0.2, 0.25) is 0 Å². The number of nitrogens with one attached hydrogen (secondary N) is 2. The summed E-state index contributed by atoms with van der Waals surface area (Å²) in [7, 11) is 1.43. The molecule has 8 nitrogen and oxygen atoms in total. The highest BCUT2D eigenvalue weighted by Gasteiger charge is 2.38. The highest BCUT2D eigenvalue weighted by Crippen LogP contribution is 2.39. The van der Waals surface area contributed by atoms with Crippen molar-refractivity contribution >= 4 is 5.70 Å². The van der Waals surface area contributed by atoms with Crippen LogP contribution in [0, 0.1) is 5.21 Å². The van der Waals surface area contributed by atoms with Gasteiger partial charge < -0.3 is 29.8 Å². The number of para-hydroxylation sites is 1. The SMILES string of the molecule is COc1ccccc1/C1=C/C(N2CCOCC2)OC2=C(CNCN2)C(Cc2cc(C(F)(F)F)cc(C(F)(F)F)c2)N1[O-]. The van der Waals surface area contributed by atoms with Crippen LogP contribution in [-0.4, -0.2) is 68.9 Å². The highest BCUT2D eigenvalue weighted by atomic mass is 19.4. The maximum absolute atomic E-state index is 14.4. The molecule has 2 aromatic rings. The molecule has 3 aliphatic heterocycles. The second kappa shape index (κ2) is 12.0. The number of hydroxylamine groups is 2. The van der Waals surface area contributed by atoms with Crippen molar-refractivity contribution in [2.45, 2.75) is 31.0 Å². The molecule has 0 radical (unpaired) electrons. The fourth-order valence-corrected chi connectivity index (χ4v) is 5.24. The van der Waals surface area contributed by atoms with Gasteiger partial charge in [-0.05, 0) is 48.4 Å². The van der Waals surface area contributed by atoms with E-state index in [1.54, 1.807) is 30.3 Å². The van der Waals surface area contributed by atoms with Crippen LogP contribution in [0.5, 0.6) is 5.75 Å². The van der Waals surface area contributed by atoms with Gasteiger partial charge in [0.1, 0.15) is 5.75 Å². The Morgan fingerprint density at radius 2 is 1.67 bits per heavy atom. The summed E-state index contributed by atoms with van der Waals surface area (Å²) in [4.78, 5) is 1.98. The van der Waals surface area contributed by atoms with Crippen molar-refractivity contribution in [2.24, 2.45) is 0 Å². The maximum Gasteiger partial charge on any atom is 0.416 e. The maximum atomic E-state index is 14.4. The lowest BCUT2D eigenvalue weighted by molar-refractivity contribution is -0.143. The number of halogens is 6. The number of rotatable bonds is 5. The van der Waals surface area contributed by atoms with Gasteiger partial charge in [-0.15, -0.1) is 0 Å². The average Bonchev–Trinajstić information content (AvgIpc) is 2.97. The second-order valence-corrected chi connectivity index (χ2v) is 10.0. The number of hydrogen-bond donors (Lipinski definition) is 2. The summed E-state index contributed by atoms with van der Waals surface area (Å²) in [5, 5.41) is 21.1. The average molecular weight is 600 g/mol. The van der Waals surface area contributed by atoms with E-state index in [0.29, 0.717) is 60.4 Å². The van der Waals surface area contributed by atoms with Gasteiger partial charge in [-0.2, -0.15) is 26.3 Å². The predicted octanol–water partition coefficient (Wildman–Crippen LogP) is 4.54. The summed E-state index contributed by atoms with van der Waals surface area (Å²) in [5.74, 6) is 0.603. The van der Waals surface area contributed by atoms with E-state index < -0.39 is 42.2 Å². The molecule has 14 heteroatoms. The zero-order valence-corrected chi connectivity index (χ0v) is 22.5. The fourth-order valence-electron chi connectivity index (χ4n) is 5.24. The van der Waals surface area contributed by atoms with Gasteiger partial charge in [-0.25, -0.2) is 0 Å². The van der Waals surface area contributed by atoms with E-state index in [4.69, 9.17) is 14.2 Å². The van der Waals surface area contributed by atoms with Crippen LogP contribution in [0.25, 0.3) is 5.70 Å². The van der Waals surface area contributed by atoms with Gasteiger partial charge in [-0.3, -0.25) is 10.2 Å². The van der Waals surface area contributed by atoms with Crippen LogP contribution in [0.3, 0.4) is 0 Å². The molecule has 42 heavy (non-hydrogen) atoms. The van der Waals surface area contributed by atoms with E-state index in [9.17, 15) is 31.5 Å². The molecule has 2 aromatic carbocycles. The summed E-state index contributed by atoms with van der Waals surface area (Å²) < 4.78 is 99.2. The summed E-state index contributed by atoms with van der Waals surface area (Å²) in [6.07, 6.45) is -9.64. The molecule has 2 unspecified atom stereocenters. The monoisotopic (exact) mass is 599 g/mol. The minimum atomic E-state index is -5.02. The van der Waals surface area contributed by atoms with Gasteiger partial charge >= 0.3 is 12.4 Å². The molecule has 3 heterocycles. The summed E-state index contributed by atoms with van der Waals surface area (Å²) in [6.45, 7) is 2.30. The number of methoxy groups -OCH3 is 1. The van der Waals surface area contributed by atoms with Gasteiger partial charge in [0.2, 0.25) is 0 Å². The first kappa shape index (κ1) is 30.0. The second-order valence-electron chi connectivity index (χ2n) is 10.0. The van der Waals surface area contributed by atoms with E-state index in [2.05, 4.69) is 10.6 Å². The molecule has 5 rings (SSSR count). The molecule has 1 saturated heterocycles. The molecule has 3 aliphatic rings. The zero-order valence-electron chi connectivity index (χ0n) is 22.5. The molecule has 0 bridgehead atoms. The van der Waals surface area contributed by atoms with E-state index in [0.717, 1.165) is 0 Å². The molecule has 0 spiro atoms. The minimum absolute atomic E-state index is 0.0707. The molecular formula is C28H29F6N4O4-. The summed E-state index contributed by atoms with van der Waals surface area (Å²) in [5.41, 5.74) is -2.34. The Kier molecular flexibility index (Phi) is 8.60. The predicted molar refractivity (Wildman–Crippen MR) is 140 cm³/mol. The normalized spacial score (nSPS) is 23.6. The van der Waals surface area contributed by atoms with Gasteiger partial charge in [-0.1, -0.05) is 12.1 Å². The largest absolute Gasteiger partial charge is 0.758 e. The number of morpholine rings is 1. The van der Waals surface area contributed by atoms with Crippen molar-refractivity contribution in [3.63, 3.8) is 0 Å². The molecule has 2 N–H and O–H groups in total. The molecule has 0 saturated carbocycles. The third-order valence-electron chi connectivity index (χ3n) is 7.31. The lowest BCUT2D eigenvalue weighted by Crippen LogP contribution is -2.50. The quantitative estimate of drug-likeness (QED) is 0.486. The molecule has 1 fully saturated rings. The van der Waals surface area contributed by atoms with Crippen LogP contribution in [0.1, 0.15) is 22.3 Å². The van der Waals surface area contributed by atoms with E-state index >= 15 is 0 Å². The van der Waals surface area contributed by atoms with Gasteiger partial charge in [0, 0.05) is 42.5 Å². The Morgan fingerprint density at radius 1 is 1.00 bits per heavy atom. The summed E-state index contributed by atoms with van der Waals surface area (Å²) >= 11 is 0. The summed E-state index contributed by atoms with van der Waals surface area (Å²) in [6, 6.07) is 6.86. The smallest absolute Gasteiger partial charge is 0.416 e. The van der Waals surface area contributed by atoms with Crippen molar-refractivity contribution in [1.29, 1.82) is 0 Å². The van der Waals surface area contributed by atoms with Crippen LogP contribution >= 0.6 is 0 Å². The van der Waals surface area contributed by atoms with Gasteiger partial charge in [0.05, 0.1) is 38.1 Å². The Bertz CT molecular complexity index is 1310. The third-order valence-corrected chi connectivity index (χ3v) is 7.31. The van der Waals surface area contributed by atoms with Crippen LogP contribution in [-0.2, 0) is 28.2 Å². The molecule has 2 atom stereocenters. The van der Waals surface area contributed by atoms with Gasteiger partial charge in [0.25, 0.3) is 0 Å². The van der Waals surface area contributed by atoms with Gasteiger partial charge in [0.15, 0.2) is 12.1 Å². The first-order chi connectivity index (χ1) is 20.0. The van der Waals surface area contributed by atoms with Crippen molar-refractivity contribution in [2.75, 3.05) is 46.6 Å². The van der Waals surface area contributed by atoms with E-state index in [1.165, 1.54) is 7.11 Å². The van der Waals surface area contributed by atoms with Crippen LogP contribution < -0.4 is 15.4 Å². The highest BCUT2D eigenvalue weighted by molar-refractivity contribution is 5.71. The molecule has 0 aliphatic carbocycles. The molecular weight excluding hydrogens is 570 g/mol. The van der Waals surface area contributed by atoms with Crippen molar-refractivity contribution in [3.8, 4) is 5.75 Å². The zero-order chi connectivity index (χ0) is 30.1. The van der Waals surface area contributed by atoms with Crippen LogP contribution in [0.4, 0.5) is 26.3 Å². The Hall–Kier alpha value is -3.46. The van der Waals surface area contributed by atoms with Crippen molar-refractivity contribution in [3.05, 3.63) is 87.5 Å². The molecule has 0 aromatic heterocycles. The van der Waals surface area contributed by atoms with Crippen LogP contribution in [0.15, 0.2) is 60.0 Å². The van der Waals surface area contributed by atoms with E-state index in [-0.39, 0.29) is 36.4 Å². The number of benzene rings is 2. The Balaban J connectivity index is 1.64. The van der Waals surface area contributed by atoms with Crippen molar-refractivity contribution in [1.82, 2.24) is 20.6 Å². The third kappa shape index (κ3) is 6.46. The lowest BCUT2D eigenvalue weighted by Gasteiger charge is -2.47. The first-order valence-electron chi connectivity index (χ1n) is 13.2. The van der Waals surface area contributed by atoms with E-state index in [1.807, 2.05) is 4.90 Å². The topological polar surface area (TPSA) is 81.3 Å². The number of hydrogen-bond acceptors (Lipinski definition) is 8. The lowest BCUT2D eigenvalue weighted by atomic mass is 9.93. The number of nitrogens with zero attached hydrogens (tertiary/aromatic N) is 2. The number of ether oxygens (including phenoxy) is 3. The Morgan fingerprint density at radius 3 is 2.31 bits per heavy atom. The van der Waals surface area contributed by atoms with Crippen molar-refractivity contribution < 1.29 is 40.6 Å². The molecule has 228 valence electrons.